The van der Waals surface area contributed by atoms with Crippen LogP contribution in [0.1, 0.15) is 16.8 Å². The standard InChI is InChI=1S/C11H14ClN3O3/c12-7-3-1-4-8(9(7)10(16)17)15-11(18)14-6-2-5-13/h1,3-4H,2,5-6,13H2,(H,16,17)(H2,14,15,18). The summed E-state index contributed by atoms with van der Waals surface area (Å²) in [5.74, 6) is -1.20. The van der Waals surface area contributed by atoms with Crippen molar-refractivity contribution in [2.24, 2.45) is 5.73 Å². The van der Waals surface area contributed by atoms with E-state index in [0.29, 0.717) is 19.5 Å². The van der Waals surface area contributed by atoms with E-state index in [9.17, 15) is 9.59 Å². The van der Waals surface area contributed by atoms with Gasteiger partial charge in [-0.15, -0.1) is 0 Å². The van der Waals surface area contributed by atoms with Crippen LogP contribution in [-0.2, 0) is 0 Å². The van der Waals surface area contributed by atoms with Gasteiger partial charge in [0.15, 0.2) is 0 Å². The summed E-state index contributed by atoms with van der Waals surface area (Å²) in [5, 5.41) is 14.1. The van der Waals surface area contributed by atoms with Crippen LogP contribution in [0.15, 0.2) is 18.2 Å². The maximum absolute atomic E-state index is 11.5. The van der Waals surface area contributed by atoms with Gasteiger partial charge in [0.2, 0.25) is 0 Å². The van der Waals surface area contributed by atoms with E-state index in [-0.39, 0.29) is 16.3 Å². The van der Waals surface area contributed by atoms with Crippen LogP contribution in [0.5, 0.6) is 0 Å². The van der Waals surface area contributed by atoms with Gasteiger partial charge in [-0.05, 0) is 25.1 Å². The monoisotopic (exact) mass is 271 g/mol. The summed E-state index contributed by atoms with van der Waals surface area (Å²) < 4.78 is 0. The molecule has 0 radical (unpaired) electrons. The second-order valence-electron chi connectivity index (χ2n) is 3.49. The Bertz CT molecular complexity index is 451. The fraction of sp³-hybridized carbons (Fsp3) is 0.273. The fourth-order valence-electron chi connectivity index (χ4n) is 1.32. The van der Waals surface area contributed by atoms with Gasteiger partial charge in [0.05, 0.1) is 10.7 Å². The molecule has 98 valence electrons. The second-order valence-corrected chi connectivity index (χ2v) is 3.90. The summed E-state index contributed by atoms with van der Waals surface area (Å²) in [7, 11) is 0. The average Bonchev–Trinajstić information content (AvgIpc) is 2.28. The largest absolute Gasteiger partial charge is 0.478 e. The molecule has 0 unspecified atom stereocenters. The zero-order valence-corrected chi connectivity index (χ0v) is 10.3. The number of carbonyl (C=O) groups excluding carboxylic acids is 1. The highest BCUT2D eigenvalue weighted by Crippen LogP contribution is 2.24. The summed E-state index contributed by atoms with van der Waals surface area (Å²) in [6.45, 7) is 0.892. The molecule has 0 aliphatic heterocycles. The van der Waals surface area contributed by atoms with E-state index in [4.69, 9.17) is 22.4 Å². The molecule has 0 fully saturated rings. The van der Waals surface area contributed by atoms with Crippen LogP contribution in [0.4, 0.5) is 10.5 Å². The van der Waals surface area contributed by atoms with Gasteiger partial charge in [-0.1, -0.05) is 17.7 Å². The van der Waals surface area contributed by atoms with Gasteiger partial charge in [0.25, 0.3) is 0 Å². The third-order valence-electron chi connectivity index (χ3n) is 2.14. The van der Waals surface area contributed by atoms with Gasteiger partial charge in [-0.3, -0.25) is 0 Å². The third-order valence-corrected chi connectivity index (χ3v) is 2.46. The summed E-state index contributed by atoms with van der Waals surface area (Å²) >= 11 is 5.77. The molecule has 1 rings (SSSR count). The third kappa shape index (κ3) is 3.90. The average molecular weight is 272 g/mol. The Morgan fingerprint density at radius 1 is 1.39 bits per heavy atom. The summed E-state index contributed by atoms with van der Waals surface area (Å²) in [6, 6.07) is 3.98. The van der Waals surface area contributed by atoms with Gasteiger partial charge in [0, 0.05) is 6.54 Å². The van der Waals surface area contributed by atoms with Crippen LogP contribution in [0, 0.1) is 0 Å². The number of aromatic carboxylic acids is 1. The van der Waals surface area contributed by atoms with E-state index in [1.165, 1.54) is 12.1 Å². The van der Waals surface area contributed by atoms with Gasteiger partial charge in [-0.2, -0.15) is 0 Å². The van der Waals surface area contributed by atoms with Gasteiger partial charge < -0.3 is 21.5 Å². The van der Waals surface area contributed by atoms with Crippen molar-refractivity contribution in [3.63, 3.8) is 0 Å². The molecule has 0 saturated carbocycles. The first kappa shape index (κ1) is 14.3. The zero-order chi connectivity index (χ0) is 13.5. The summed E-state index contributed by atoms with van der Waals surface area (Å²) in [6.07, 6.45) is 0.648. The SMILES string of the molecule is NCCCNC(=O)Nc1cccc(Cl)c1C(=O)O. The molecule has 2 amide bonds. The van der Waals surface area contributed by atoms with Gasteiger partial charge >= 0.3 is 12.0 Å². The number of carboxylic acids is 1. The molecule has 0 saturated heterocycles. The van der Waals surface area contributed by atoms with E-state index >= 15 is 0 Å². The fourth-order valence-corrected chi connectivity index (χ4v) is 1.57. The first-order valence-corrected chi connectivity index (χ1v) is 5.70. The molecule has 6 nitrogen and oxygen atoms in total. The highest BCUT2D eigenvalue weighted by Gasteiger charge is 2.15. The Morgan fingerprint density at radius 3 is 2.72 bits per heavy atom. The normalized spacial score (nSPS) is 9.89. The number of carbonyl (C=O) groups is 2. The van der Waals surface area contributed by atoms with E-state index < -0.39 is 12.0 Å². The second kappa shape index (κ2) is 6.83. The number of nitrogens with two attached hydrogens (primary N) is 1. The number of hydrogen-bond acceptors (Lipinski definition) is 3. The van der Waals surface area contributed by atoms with Crippen LogP contribution in [0.25, 0.3) is 0 Å². The number of urea groups is 1. The van der Waals surface area contributed by atoms with Crippen LogP contribution < -0.4 is 16.4 Å². The van der Waals surface area contributed by atoms with E-state index in [2.05, 4.69) is 10.6 Å². The van der Waals surface area contributed by atoms with Crippen LogP contribution in [-0.4, -0.2) is 30.2 Å². The number of nitrogens with one attached hydrogen (secondary N) is 2. The number of carboxylic acid groups (broad SMARTS) is 1. The molecule has 1 aromatic carbocycles. The minimum Gasteiger partial charge on any atom is -0.478 e. The molecule has 0 heterocycles. The van der Waals surface area contributed by atoms with Crippen molar-refractivity contribution in [3.8, 4) is 0 Å². The van der Waals surface area contributed by atoms with Crippen molar-refractivity contribution in [2.45, 2.75) is 6.42 Å². The molecular formula is C11H14ClN3O3. The molecular weight excluding hydrogens is 258 g/mol. The lowest BCUT2D eigenvalue weighted by atomic mass is 10.2. The number of halogens is 1. The number of benzene rings is 1. The molecule has 0 aliphatic carbocycles. The lowest BCUT2D eigenvalue weighted by molar-refractivity contribution is 0.0698. The molecule has 7 heteroatoms. The number of hydrogen-bond donors (Lipinski definition) is 4. The Balaban J connectivity index is 2.75. The van der Waals surface area contributed by atoms with Gasteiger partial charge in [-0.25, -0.2) is 9.59 Å². The van der Waals surface area contributed by atoms with E-state index in [0.717, 1.165) is 0 Å². The first-order valence-electron chi connectivity index (χ1n) is 5.33. The molecule has 0 aliphatic rings. The summed E-state index contributed by atoms with van der Waals surface area (Å²) in [5.41, 5.74) is 5.31. The Morgan fingerprint density at radius 2 is 2.11 bits per heavy atom. The molecule has 1 aromatic rings. The molecule has 0 atom stereocenters. The van der Waals surface area contributed by atoms with E-state index in [1.54, 1.807) is 6.07 Å². The Labute approximate surface area is 109 Å². The highest BCUT2D eigenvalue weighted by molar-refractivity contribution is 6.34. The number of anilines is 1. The van der Waals surface area contributed by atoms with Crippen molar-refractivity contribution < 1.29 is 14.7 Å². The molecule has 5 N–H and O–H groups in total. The van der Waals surface area contributed by atoms with Crippen molar-refractivity contribution in [1.29, 1.82) is 0 Å². The van der Waals surface area contributed by atoms with E-state index in [1.807, 2.05) is 0 Å². The quantitative estimate of drug-likeness (QED) is 0.609. The maximum Gasteiger partial charge on any atom is 0.339 e. The summed E-state index contributed by atoms with van der Waals surface area (Å²) in [4.78, 5) is 22.5. The van der Waals surface area contributed by atoms with Crippen LogP contribution in [0.2, 0.25) is 5.02 Å². The molecule has 0 aromatic heterocycles. The minimum absolute atomic E-state index is 0.0715. The number of rotatable bonds is 5. The predicted octanol–water partition coefficient (Wildman–Crippen LogP) is 1.51. The molecule has 18 heavy (non-hydrogen) atoms. The Kier molecular flexibility index (Phi) is 5.41. The Hall–Kier alpha value is -1.79. The maximum atomic E-state index is 11.5. The highest BCUT2D eigenvalue weighted by atomic mass is 35.5. The lowest BCUT2D eigenvalue weighted by Gasteiger charge is -2.10. The smallest absolute Gasteiger partial charge is 0.339 e. The zero-order valence-electron chi connectivity index (χ0n) is 9.57. The minimum atomic E-state index is -1.20. The predicted molar refractivity (Wildman–Crippen MR) is 69.1 cm³/mol. The topological polar surface area (TPSA) is 104 Å². The lowest BCUT2D eigenvalue weighted by Crippen LogP contribution is -2.31. The van der Waals surface area contributed by atoms with Crippen molar-refractivity contribution in [1.82, 2.24) is 5.32 Å². The van der Waals surface area contributed by atoms with Crippen molar-refractivity contribution >= 4 is 29.3 Å². The van der Waals surface area contributed by atoms with Gasteiger partial charge in [0.1, 0.15) is 5.56 Å². The molecule has 0 bridgehead atoms. The van der Waals surface area contributed by atoms with Crippen LogP contribution >= 0.6 is 11.6 Å². The molecule has 0 spiro atoms. The van der Waals surface area contributed by atoms with Crippen molar-refractivity contribution in [2.75, 3.05) is 18.4 Å². The number of amides is 2. The first-order chi connectivity index (χ1) is 8.56. The van der Waals surface area contributed by atoms with Crippen LogP contribution in [0.3, 0.4) is 0 Å². The van der Waals surface area contributed by atoms with Crippen molar-refractivity contribution in [3.05, 3.63) is 28.8 Å².